The van der Waals surface area contributed by atoms with Crippen molar-refractivity contribution in [2.24, 2.45) is 0 Å². The number of urea groups is 1. The predicted octanol–water partition coefficient (Wildman–Crippen LogP) is 2.87. The number of carbonyl (C=O) groups is 3. The van der Waals surface area contributed by atoms with E-state index in [1.807, 2.05) is 18.2 Å². The fourth-order valence-electron chi connectivity index (χ4n) is 4.26. The summed E-state index contributed by atoms with van der Waals surface area (Å²) >= 11 is 0. The lowest BCUT2D eigenvalue weighted by molar-refractivity contribution is -0.138. The van der Waals surface area contributed by atoms with E-state index in [0.29, 0.717) is 29.9 Å². The van der Waals surface area contributed by atoms with Crippen LogP contribution in [0.5, 0.6) is 5.75 Å². The summed E-state index contributed by atoms with van der Waals surface area (Å²) in [7, 11) is 1.57. The van der Waals surface area contributed by atoms with Crippen LogP contribution in [0.25, 0.3) is 11.0 Å². The Hall–Kier alpha value is -3.03. The normalized spacial score (nSPS) is 20.2. The number of nitrogens with zero attached hydrogens (tertiary/aromatic N) is 1. The van der Waals surface area contributed by atoms with Crippen molar-refractivity contribution in [3.63, 3.8) is 0 Å². The van der Waals surface area contributed by atoms with E-state index in [1.54, 1.807) is 27.0 Å². The summed E-state index contributed by atoms with van der Waals surface area (Å²) in [6.45, 7) is 3.36. The number of rotatable bonds is 5. The standard InChI is InChI=1S/C21H25N3O5/c1-12(16-11-14-7-6-8-15(28-3)17(14)29-16)22-18(25)13(2)24-19(26)21(23-20(24)27)9-4-5-10-21/h6-8,11-13H,4-5,9-10H2,1-3H3,(H,22,25)(H,23,27). The average molecular weight is 399 g/mol. The van der Waals surface area contributed by atoms with Crippen LogP contribution >= 0.6 is 0 Å². The van der Waals surface area contributed by atoms with Crippen molar-refractivity contribution < 1.29 is 23.5 Å². The summed E-state index contributed by atoms with van der Waals surface area (Å²) in [4.78, 5) is 39.1. The number of para-hydroxylation sites is 1. The molecule has 1 saturated heterocycles. The van der Waals surface area contributed by atoms with E-state index in [9.17, 15) is 14.4 Å². The van der Waals surface area contributed by atoms with Crippen LogP contribution in [0.2, 0.25) is 0 Å². The molecule has 0 bridgehead atoms. The molecule has 0 radical (unpaired) electrons. The summed E-state index contributed by atoms with van der Waals surface area (Å²) in [5, 5.41) is 6.52. The minimum Gasteiger partial charge on any atom is -0.493 e. The molecule has 2 unspecified atom stereocenters. The summed E-state index contributed by atoms with van der Waals surface area (Å²) in [6.07, 6.45) is 3.04. The minimum atomic E-state index is -0.913. The lowest BCUT2D eigenvalue weighted by atomic mass is 9.97. The van der Waals surface area contributed by atoms with Gasteiger partial charge in [0.05, 0.1) is 13.2 Å². The first-order valence-corrected chi connectivity index (χ1v) is 9.89. The fraction of sp³-hybridized carbons (Fsp3) is 0.476. The largest absolute Gasteiger partial charge is 0.493 e. The fourth-order valence-corrected chi connectivity index (χ4v) is 4.26. The number of furan rings is 1. The van der Waals surface area contributed by atoms with Gasteiger partial charge in [-0.25, -0.2) is 9.69 Å². The van der Waals surface area contributed by atoms with E-state index in [4.69, 9.17) is 9.15 Å². The molecule has 2 N–H and O–H groups in total. The third kappa shape index (κ3) is 3.12. The summed E-state index contributed by atoms with van der Waals surface area (Å²) in [5.41, 5.74) is -0.219. The zero-order valence-corrected chi connectivity index (χ0v) is 16.8. The van der Waals surface area contributed by atoms with Crippen molar-refractivity contribution in [1.82, 2.24) is 15.5 Å². The molecule has 8 nitrogen and oxygen atoms in total. The van der Waals surface area contributed by atoms with Gasteiger partial charge in [-0.3, -0.25) is 9.59 Å². The van der Waals surface area contributed by atoms with Gasteiger partial charge in [-0.2, -0.15) is 0 Å². The maximum absolute atomic E-state index is 12.9. The van der Waals surface area contributed by atoms with E-state index in [0.717, 1.165) is 23.1 Å². The van der Waals surface area contributed by atoms with Crippen LogP contribution in [0.4, 0.5) is 4.79 Å². The van der Waals surface area contributed by atoms with E-state index in [2.05, 4.69) is 10.6 Å². The van der Waals surface area contributed by atoms with Crippen molar-refractivity contribution >= 4 is 28.8 Å². The number of amides is 4. The maximum atomic E-state index is 12.9. The van der Waals surface area contributed by atoms with Crippen LogP contribution in [0.1, 0.15) is 51.3 Å². The molecule has 4 rings (SSSR count). The Morgan fingerprint density at radius 1 is 1.28 bits per heavy atom. The van der Waals surface area contributed by atoms with E-state index in [-0.39, 0.29) is 5.91 Å². The monoisotopic (exact) mass is 399 g/mol. The van der Waals surface area contributed by atoms with Gasteiger partial charge < -0.3 is 19.8 Å². The third-order valence-corrected chi connectivity index (χ3v) is 5.95. The van der Waals surface area contributed by atoms with Gasteiger partial charge in [-0.1, -0.05) is 25.0 Å². The number of carbonyl (C=O) groups excluding carboxylic acids is 3. The molecule has 1 aromatic carbocycles. The van der Waals surface area contributed by atoms with Gasteiger partial charge in [0.1, 0.15) is 17.3 Å². The summed E-state index contributed by atoms with van der Waals surface area (Å²) in [5.74, 6) is 0.462. The second-order valence-electron chi connectivity index (χ2n) is 7.83. The van der Waals surface area contributed by atoms with Crippen LogP contribution < -0.4 is 15.4 Å². The smallest absolute Gasteiger partial charge is 0.325 e. The third-order valence-electron chi connectivity index (χ3n) is 5.95. The van der Waals surface area contributed by atoms with Crippen LogP contribution in [-0.4, -0.2) is 41.4 Å². The van der Waals surface area contributed by atoms with Gasteiger partial charge in [0.15, 0.2) is 11.3 Å². The highest BCUT2D eigenvalue weighted by atomic mass is 16.5. The number of hydrogen-bond acceptors (Lipinski definition) is 5. The van der Waals surface area contributed by atoms with Gasteiger partial charge >= 0.3 is 6.03 Å². The van der Waals surface area contributed by atoms with Crippen molar-refractivity contribution in [3.8, 4) is 5.75 Å². The summed E-state index contributed by atoms with van der Waals surface area (Å²) in [6, 6.07) is 5.55. The quantitative estimate of drug-likeness (QED) is 0.753. The van der Waals surface area contributed by atoms with Crippen molar-refractivity contribution in [1.29, 1.82) is 0 Å². The highest BCUT2D eigenvalue weighted by Crippen LogP contribution is 2.36. The van der Waals surface area contributed by atoms with Gasteiger partial charge in [0.25, 0.3) is 5.91 Å². The highest BCUT2D eigenvalue weighted by molar-refractivity contribution is 6.10. The molecule has 1 aromatic heterocycles. The number of fused-ring (bicyclic) bond motifs is 1. The maximum Gasteiger partial charge on any atom is 0.325 e. The average Bonchev–Trinajstić information content (AvgIpc) is 3.40. The van der Waals surface area contributed by atoms with Crippen molar-refractivity contribution in [3.05, 3.63) is 30.0 Å². The van der Waals surface area contributed by atoms with E-state index < -0.39 is 29.6 Å². The van der Waals surface area contributed by atoms with Gasteiger partial charge in [0, 0.05) is 5.39 Å². The molecule has 29 heavy (non-hydrogen) atoms. The molecule has 2 fully saturated rings. The first-order chi connectivity index (χ1) is 13.9. The first kappa shape index (κ1) is 19.3. The van der Waals surface area contributed by atoms with Gasteiger partial charge in [-0.15, -0.1) is 0 Å². The molecule has 1 aliphatic carbocycles. The zero-order chi connectivity index (χ0) is 20.8. The molecule has 4 amide bonds. The van der Waals surface area contributed by atoms with Gasteiger partial charge in [-0.05, 0) is 38.8 Å². The minimum absolute atomic E-state index is 0.302. The topological polar surface area (TPSA) is 101 Å². The molecular weight excluding hydrogens is 374 g/mol. The SMILES string of the molecule is COc1cccc2cc(C(C)NC(=O)C(C)N3C(=O)NC4(CCCC4)C3=O)oc12. The molecule has 2 aliphatic rings. The van der Waals surface area contributed by atoms with Crippen molar-refractivity contribution in [2.75, 3.05) is 7.11 Å². The van der Waals surface area contributed by atoms with Crippen LogP contribution in [-0.2, 0) is 9.59 Å². The Morgan fingerprint density at radius 2 is 2.00 bits per heavy atom. The second-order valence-corrected chi connectivity index (χ2v) is 7.83. The van der Waals surface area contributed by atoms with Crippen molar-refractivity contribution in [2.45, 2.75) is 57.2 Å². The number of methoxy groups -OCH3 is 1. The molecule has 1 saturated carbocycles. The molecule has 2 aromatic rings. The van der Waals surface area contributed by atoms with Crippen LogP contribution in [0.15, 0.2) is 28.7 Å². The molecule has 1 aliphatic heterocycles. The molecule has 8 heteroatoms. The second kappa shape index (κ2) is 7.09. The molecule has 1 spiro atoms. The zero-order valence-electron chi connectivity index (χ0n) is 16.8. The molecular formula is C21H25N3O5. The van der Waals surface area contributed by atoms with E-state index in [1.165, 1.54) is 0 Å². The number of hydrogen-bond donors (Lipinski definition) is 2. The molecule has 154 valence electrons. The van der Waals surface area contributed by atoms with Crippen LogP contribution in [0.3, 0.4) is 0 Å². The Labute approximate surface area is 168 Å². The lowest BCUT2D eigenvalue weighted by Crippen LogP contribution is -2.50. The van der Waals surface area contributed by atoms with Crippen LogP contribution in [0, 0.1) is 0 Å². The number of imide groups is 1. The first-order valence-electron chi connectivity index (χ1n) is 9.89. The molecule has 2 heterocycles. The Kier molecular flexibility index (Phi) is 4.72. The van der Waals surface area contributed by atoms with Gasteiger partial charge in [0.2, 0.25) is 5.91 Å². The number of ether oxygens (including phenoxy) is 1. The Balaban J connectivity index is 1.49. The lowest BCUT2D eigenvalue weighted by Gasteiger charge is -2.24. The highest BCUT2D eigenvalue weighted by Gasteiger charge is 2.54. The molecule has 2 atom stereocenters. The number of benzene rings is 1. The van der Waals surface area contributed by atoms with E-state index >= 15 is 0 Å². The number of nitrogens with one attached hydrogen (secondary N) is 2. The Bertz CT molecular complexity index is 976. The summed E-state index contributed by atoms with van der Waals surface area (Å²) < 4.78 is 11.2. The Morgan fingerprint density at radius 3 is 2.69 bits per heavy atom. The predicted molar refractivity (Wildman–Crippen MR) is 105 cm³/mol.